The molecular weight excluding hydrogens is 961 g/mol. The van der Waals surface area contributed by atoms with Crippen molar-refractivity contribution in [2.45, 2.75) is 393 Å². The molecule has 0 fully saturated rings. The molecule has 0 bridgehead atoms. The van der Waals surface area contributed by atoms with E-state index in [9.17, 15) is 14.4 Å². The van der Waals surface area contributed by atoms with Crippen LogP contribution < -0.4 is 0 Å². The molecule has 0 aromatic carbocycles. The van der Waals surface area contributed by atoms with Crippen LogP contribution in [0.15, 0.2) is 36.5 Å². The van der Waals surface area contributed by atoms with E-state index in [4.69, 9.17) is 14.2 Å². The summed E-state index contributed by atoms with van der Waals surface area (Å²) in [5.74, 6) is -0.839. The van der Waals surface area contributed by atoms with Gasteiger partial charge in [0.25, 0.3) is 0 Å². The van der Waals surface area contributed by atoms with Gasteiger partial charge in [0.2, 0.25) is 0 Å². The van der Waals surface area contributed by atoms with Crippen molar-refractivity contribution in [1.82, 2.24) is 0 Å². The summed E-state index contributed by atoms with van der Waals surface area (Å²) in [6.45, 7) is 6.70. The minimum Gasteiger partial charge on any atom is -0.462 e. The standard InChI is InChI=1S/C72H134O6/c1-4-7-10-13-16-19-22-25-27-29-31-33-34-35-36-37-38-40-41-43-45-47-50-53-56-59-62-65-71(74)77-68-69(67-76-70(73)64-61-58-55-52-49-24-21-18-15-12-9-6-3)78-72(75)66-63-60-57-54-51-48-46-44-42-39-32-30-28-26-23-20-17-14-11-8-5-2/h22,25,29,31,34-35,69H,4-21,23-24,26-28,30,32-33,36-68H2,1-3H3/b25-22-,31-29-,35-34-. The highest BCUT2D eigenvalue weighted by Gasteiger charge is 2.19. The van der Waals surface area contributed by atoms with Crippen molar-refractivity contribution in [1.29, 1.82) is 0 Å². The van der Waals surface area contributed by atoms with Gasteiger partial charge in [-0.25, -0.2) is 0 Å². The van der Waals surface area contributed by atoms with Crippen LogP contribution in [0, 0.1) is 0 Å². The summed E-state index contributed by atoms with van der Waals surface area (Å²) in [6, 6.07) is 0. The van der Waals surface area contributed by atoms with E-state index in [1.54, 1.807) is 0 Å². The molecular formula is C72H134O6. The molecule has 6 heteroatoms. The minimum absolute atomic E-state index is 0.0662. The van der Waals surface area contributed by atoms with Crippen molar-refractivity contribution in [3.05, 3.63) is 36.5 Å². The SMILES string of the molecule is CCCCCCC/C=C\C/C=C\C/C=C\CCCCCCCCCCCCCCC(=O)OCC(COC(=O)CCCCCCCCCCCCCC)OC(=O)CCCCCCCCCCCCCCCCCCCCCCC. The predicted octanol–water partition coefficient (Wildman–Crippen LogP) is 23.9. The van der Waals surface area contributed by atoms with Crippen LogP contribution in [-0.4, -0.2) is 37.2 Å². The van der Waals surface area contributed by atoms with Gasteiger partial charge in [-0.2, -0.15) is 0 Å². The van der Waals surface area contributed by atoms with Crippen molar-refractivity contribution >= 4 is 17.9 Å². The lowest BCUT2D eigenvalue weighted by Gasteiger charge is -2.18. The highest BCUT2D eigenvalue weighted by Crippen LogP contribution is 2.18. The number of hydrogen-bond donors (Lipinski definition) is 0. The minimum atomic E-state index is -0.769. The fourth-order valence-electron chi connectivity index (χ4n) is 10.6. The van der Waals surface area contributed by atoms with Crippen LogP contribution >= 0.6 is 0 Å². The number of carbonyl (C=O) groups excluding carboxylic acids is 3. The van der Waals surface area contributed by atoms with Crippen molar-refractivity contribution < 1.29 is 28.6 Å². The molecule has 0 radical (unpaired) electrons. The Balaban J connectivity index is 4.21. The van der Waals surface area contributed by atoms with E-state index in [1.165, 1.54) is 276 Å². The maximum atomic E-state index is 12.9. The largest absolute Gasteiger partial charge is 0.462 e. The van der Waals surface area contributed by atoms with Crippen molar-refractivity contribution in [3.63, 3.8) is 0 Å². The van der Waals surface area contributed by atoms with Crippen LogP contribution in [-0.2, 0) is 28.6 Å². The zero-order valence-electron chi connectivity index (χ0n) is 52.7. The maximum Gasteiger partial charge on any atom is 0.306 e. The van der Waals surface area contributed by atoms with E-state index in [2.05, 4.69) is 57.2 Å². The molecule has 0 amide bonds. The number of unbranched alkanes of at least 4 members (excludes halogenated alkanes) is 48. The monoisotopic (exact) mass is 1100 g/mol. The quantitative estimate of drug-likeness (QED) is 0.0261. The van der Waals surface area contributed by atoms with Gasteiger partial charge in [0.1, 0.15) is 13.2 Å². The number of carbonyl (C=O) groups is 3. The first-order valence-corrected chi connectivity index (χ1v) is 35.0. The van der Waals surface area contributed by atoms with E-state index in [-0.39, 0.29) is 31.1 Å². The number of rotatable bonds is 65. The van der Waals surface area contributed by atoms with Crippen LogP contribution in [0.2, 0.25) is 0 Å². The first-order valence-electron chi connectivity index (χ1n) is 35.0. The Morgan fingerprint density at radius 2 is 0.462 bits per heavy atom. The Morgan fingerprint density at radius 3 is 0.718 bits per heavy atom. The average molecular weight is 1100 g/mol. The van der Waals surface area contributed by atoms with E-state index in [0.717, 1.165) is 70.6 Å². The van der Waals surface area contributed by atoms with Crippen LogP contribution in [0.5, 0.6) is 0 Å². The van der Waals surface area contributed by atoms with Gasteiger partial charge in [-0.3, -0.25) is 14.4 Å². The Labute approximate surface area is 486 Å². The normalized spacial score (nSPS) is 12.2. The van der Waals surface area contributed by atoms with Crippen LogP contribution in [0.3, 0.4) is 0 Å². The topological polar surface area (TPSA) is 78.9 Å². The summed E-state index contributed by atoms with van der Waals surface area (Å²) in [6.07, 6.45) is 83.1. The highest BCUT2D eigenvalue weighted by molar-refractivity contribution is 5.71. The van der Waals surface area contributed by atoms with E-state index < -0.39 is 6.10 Å². The number of allylic oxidation sites excluding steroid dienone is 6. The second-order valence-electron chi connectivity index (χ2n) is 23.8. The summed E-state index contributed by atoms with van der Waals surface area (Å²) in [7, 11) is 0. The van der Waals surface area contributed by atoms with Gasteiger partial charge >= 0.3 is 17.9 Å². The van der Waals surface area contributed by atoms with Gasteiger partial charge in [0, 0.05) is 19.3 Å². The fourth-order valence-corrected chi connectivity index (χ4v) is 10.6. The molecule has 0 saturated carbocycles. The molecule has 0 aromatic heterocycles. The second-order valence-corrected chi connectivity index (χ2v) is 23.8. The zero-order valence-corrected chi connectivity index (χ0v) is 52.7. The third kappa shape index (κ3) is 64.5. The number of esters is 3. The molecule has 0 aromatic rings. The van der Waals surface area contributed by atoms with E-state index in [0.29, 0.717) is 19.3 Å². The van der Waals surface area contributed by atoms with Gasteiger partial charge < -0.3 is 14.2 Å². The number of hydrogen-bond acceptors (Lipinski definition) is 6. The summed E-state index contributed by atoms with van der Waals surface area (Å²) in [5, 5.41) is 0. The van der Waals surface area contributed by atoms with Crippen molar-refractivity contribution in [2.24, 2.45) is 0 Å². The summed E-state index contributed by atoms with van der Waals surface area (Å²) in [4.78, 5) is 38.4. The third-order valence-corrected chi connectivity index (χ3v) is 15.9. The molecule has 0 heterocycles. The molecule has 0 saturated heterocycles. The van der Waals surface area contributed by atoms with Crippen molar-refractivity contribution in [3.8, 4) is 0 Å². The smallest absolute Gasteiger partial charge is 0.306 e. The van der Waals surface area contributed by atoms with Crippen molar-refractivity contribution in [2.75, 3.05) is 13.2 Å². The van der Waals surface area contributed by atoms with Crippen LogP contribution in [0.4, 0.5) is 0 Å². The first-order chi connectivity index (χ1) is 38.5. The molecule has 0 aliphatic rings. The molecule has 0 spiro atoms. The molecule has 458 valence electrons. The van der Waals surface area contributed by atoms with Gasteiger partial charge in [0.05, 0.1) is 0 Å². The maximum absolute atomic E-state index is 12.9. The zero-order chi connectivity index (χ0) is 56.4. The highest BCUT2D eigenvalue weighted by atomic mass is 16.6. The summed E-state index contributed by atoms with van der Waals surface area (Å²) >= 11 is 0. The van der Waals surface area contributed by atoms with Crippen LogP contribution in [0.25, 0.3) is 0 Å². The lowest BCUT2D eigenvalue weighted by atomic mass is 10.0. The molecule has 1 unspecified atom stereocenters. The molecule has 0 N–H and O–H groups in total. The van der Waals surface area contributed by atoms with Gasteiger partial charge in [-0.15, -0.1) is 0 Å². The average Bonchev–Trinajstić information content (AvgIpc) is 3.44. The Morgan fingerprint density at radius 1 is 0.256 bits per heavy atom. The molecule has 0 aliphatic heterocycles. The van der Waals surface area contributed by atoms with Gasteiger partial charge in [-0.05, 0) is 57.8 Å². The lowest BCUT2D eigenvalue weighted by molar-refractivity contribution is -0.167. The molecule has 0 rings (SSSR count). The Hall–Kier alpha value is -2.37. The summed E-state index contributed by atoms with van der Waals surface area (Å²) in [5.41, 5.74) is 0. The number of ether oxygens (including phenoxy) is 3. The Bertz CT molecular complexity index is 1300. The van der Waals surface area contributed by atoms with Crippen LogP contribution in [0.1, 0.15) is 387 Å². The predicted molar refractivity (Wildman–Crippen MR) is 339 cm³/mol. The third-order valence-electron chi connectivity index (χ3n) is 15.9. The second kappa shape index (κ2) is 67.1. The first kappa shape index (κ1) is 75.6. The molecule has 78 heavy (non-hydrogen) atoms. The Kier molecular flexibility index (Phi) is 65.1. The van der Waals surface area contributed by atoms with Gasteiger partial charge in [-0.1, -0.05) is 346 Å². The molecule has 1 atom stereocenters. The molecule has 6 nitrogen and oxygen atoms in total. The van der Waals surface area contributed by atoms with Gasteiger partial charge in [0.15, 0.2) is 6.10 Å². The summed E-state index contributed by atoms with van der Waals surface area (Å²) < 4.78 is 17.0. The van der Waals surface area contributed by atoms with E-state index >= 15 is 0 Å². The van der Waals surface area contributed by atoms with E-state index in [1.807, 2.05) is 0 Å². The molecule has 0 aliphatic carbocycles. The fraction of sp³-hybridized carbons (Fsp3) is 0.875. The lowest BCUT2D eigenvalue weighted by Crippen LogP contribution is -2.30.